The van der Waals surface area contributed by atoms with Gasteiger partial charge in [0.1, 0.15) is 5.75 Å². The molecule has 8 heteroatoms. The number of hydrogen-bond acceptors (Lipinski definition) is 5. The summed E-state index contributed by atoms with van der Waals surface area (Å²) in [6.45, 7) is 4.94. The third-order valence-corrected chi connectivity index (χ3v) is 5.19. The van der Waals surface area contributed by atoms with Crippen LogP contribution in [0, 0.1) is 0 Å². The molecule has 1 saturated heterocycles. The van der Waals surface area contributed by atoms with E-state index in [-0.39, 0.29) is 11.9 Å². The summed E-state index contributed by atoms with van der Waals surface area (Å²) in [5.41, 5.74) is 1.77. The second-order valence-electron chi connectivity index (χ2n) is 7.30. The van der Waals surface area contributed by atoms with Crippen LogP contribution in [0.5, 0.6) is 5.75 Å². The number of urea groups is 1. The number of anilines is 2. The normalized spacial score (nSPS) is 14.0. The van der Waals surface area contributed by atoms with Crippen LogP contribution in [-0.2, 0) is 4.74 Å². The highest BCUT2D eigenvalue weighted by molar-refractivity contribution is 6.02. The number of rotatable bonds is 8. The zero-order chi connectivity index (χ0) is 22.1. The largest absolute Gasteiger partial charge is 0.496 e. The van der Waals surface area contributed by atoms with Gasteiger partial charge in [0.25, 0.3) is 5.91 Å². The van der Waals surface area contributed by atoms with E-state index >= 15 is 0 Å². The van der Waals surface area contributed by atoms with E-state index in [0.717, 1.165) is 39.3 Å². The van der Waals surface area contributed by atoms with Crippen LogP contribution < -0.4 is 20.3 Å². The minimum Gasteiger partial charge on any atom is -0.496 e. The molecule has 2 aromatic rings. The van der Waals surface area contributed by atoms with Crippen molar-refractivity contribution < 1.29 is 19.1 Å². The smallest absolute Gasteiger partial charge is 0.326 e. The van der Waals surface area contributed by atoms with Crippen LogP contribution in [0.3, 0.4) is 0 Å². The Hall–Kier alpha value is -3.10. The Bertz CT molecular complexity index is 869. The number of morpholine rings is 1. The summed E-state index contributed by atoms with van der Waals surface area (Å²) in [6.07, 6.45) is 0.870. The van der Waals surface area contributed by atoms with E-state index in [9.17, 15) is 9.59 Å². The van der Waals surface area contributed by atoms with Gasteiger partial charge in [0.2, 0.25) is 0 Å². The van der Waals surface area contributed by atoms with Gasteiger partial charge in [-0.05, 0) is 37.2 Å². The third-order valence-electron chi connectivity index (χ3n) is 5.19. The summed E-state index contributed by atoms with van der Waals surface area (Å²) in [5, 5.41) is 5.78. The Kier molecular flexibility index (Phi) is 8.26. The number of amides is 3. The molecule has 0 saturated carbocycles. The van der Waals surface area contributed by atoms with Gasteiger partial charge < -0.3 is 20.1 Å². The van der Waals surface area contributed by atoms with Gasteiger partial charge in [0.05, 0.1) is 25.9 Å². The van der Waals surface area contributed by atoms with Crippen molar-refractivity contribution in [3.8, 4) is 5.75 Å². The third kappa shape index (κ3) is 6.44. The van der Waals surface area contributed by atoms with Gasteiger partial charge in [-0.3, -0.25) is 14.6 Å². The molecule has 2 N–H and O–H groups in total. The quantitative estimate of drug-likeness (QED) is 0.635. The first-order chi connectivity index (χ1) is 15.1. The van der Waals surface area contributed by atoms with E-state index in [2.05, 4.69) is 15.5 Å². The highest BCUT2D eigenvalue weighted by Crippen LogP contribution is 2.25. The van der Waals surface area contributed by atoms with Crippen LogP contribution >= 0.6 is 0 Å². The van der Waals surface area contributed by atoms with Gasteiger partial charge in [-0.25, -0.2) is 4.79 Å². The Morgan fingerprint density at radius 2 is 1.87 bits per heavy atom. The summed E-state index contributed by atoms with van der Waals surface area (Å²) in [4.78, 5) is 28.9. The molecule has 0 unspecified atom stereocenters. The number of methoxy groups -OCH3 is 1. The fraction of sp³-hybridized carbons (Fsp3) is 0.391. The summed E-state index contributed by atoms with van der Waals surface area (Å²) in [5.74, 6) is 0.226. The van der Waals surface area contributed by atoms with Gasteiger partial charge in [0, 0.05) is 44.1 Å². The average molecular weight is 427 g/mol. The first-order valence-electron chi connectivity index (χ1n) is 10.4. The van der Waals surface area contributed by atoms with Gasteiger partial charge in [-0.15, -0.1) is 0 Å². The van der Waals surface area contributed by atoms with Crippen molar-refractivity contribution in [2.75, 3.05) is 63.8 Å². The first kappa shape index (κ1) is 22.6. The van der Waals surface area contributed by atoms with Crippen LogP contribution in [0.2, 0.25) is 0 Å². The fourth-order valence-corrected chi connectivity index (χ4v) is 3.35. The lowest BCUT2D eigenvalue weighted by Crippen LogP contribution is -2.38. The standard InChI is InChI=1S/C23H30N4O4/c1-26(23(29)25-18-7-4-3-5-8-18)19-9-10-20(21(17-19)30-2)22(28)24-11-6-12-27-13-15-31-16-14-27/h3-5,7-10,17H,6,11-16H2,1-2H3,(H,24,28)(H,25,29). The van der Waals surface area contributed by atoms with Crippen molar-refractivity contribution in [2.45, 2.75) is 6.42 Å². The molecule has 0 aliphatic carbocycles. The van der Waals surface area contributed by atoms with Crippen molar-refractivity contribution >= 4 is 23.3 Å². The predicted molar refractivity (Wildman–Crippen MR) is 121 cm³/mol. The molecule has 0 aromatic heterocycles. The molecule has 0 atom stereocenters. The molecule has 3 rings (SSSR count). The van der Waals surface area contributed by atoms with Crippen molar-refractivity contribution in [2.24, 2.45) is 0 Å². The summed E-state index contributed by atoms with van der Waals surface area (Å²) >= 11 is 0. The molecular formula is C23H30N4O4. The van der Waals surface area contributed by atoms with E-state index in [1.54, 1.807) is 25.2 Å². The lowest BCUT2D eigenvalue weighted by atomic mass is 10.1. The maximum absolute atomic E-state index is 12.6. The maximum atomic E-state index is 12.6. The molecule has 1 aliphatic heterocycles. The monoisotopic (exact) mass is 426 g/mol. The van der Waals surface area contributed by atoms with E-state index in [1.165, 1.54) is 12.0 Å². The van der Waals surface area contributed by atoms with Gasteiger partial charge in [0.15, 0.2) is 0 Å². The number of hydrogen-bond donors (Lipinski definition) is 2. The minimum absolute atomic E-state index is 0.193. The molecule has 1 fully saturated rings. The topological polar surface area (TPSA) is 83.1 Å². The van der Waals surface area contributed by atoms with Crippen LogP contribution in [0.4, 0.5) is 16.2 Å². The summed E-state index contributed by atoms with van der Waals surface area (Å²) in [7, 11) is 3.18. The second kappa shape index (κ2) is 11.3. The number of carbonyl (C=O) groups is 2. The lowest BCUT2D eigenvalue weighted by Gasteiger charge is -2.26. The molecule has 0 spiro atoms. The second-order valence-corrected chi connectivity index (χ2v) is 7.30. The highest BCUT2D eigenvalue weighted by atomic mass is 16.5. The zero-order valence-corrected chi connectivity index (χ0v) is 18.1. The van der Waals surface area contributed by atoms with Crippen molar-refractivity contribution in [1.29, 1.82) is 0 Å². The molecule has 0 bridgehead atoms. The van der Waals surface area contributed by atoms with Crippen LogP contribution in [0.1, 0.15) is 16.8 Å². The molecule has 3 amide bonds. The molecule has 8 nitrogen and oxygen atoms in total. The molecule has 1 aliphatic rings. The summed E-state index contributed by atoms with van der Waals surface area (Å²) in [6, 6.07) is 14.0. The molecular weight excluding hydrogens is 396 g/mol. The van der Waals surface area contributed by atoms with Crippen LogP contribution in [0.25, 0.3) is 0 Å². The Morgan fingerprint density at radius 1 is 1.13 bits per heavy atom. The Morgan fingerprint density at radius 3 is 2.58 bits per heavy atom. The Labute approximate surface area is 183 Å². The van der Waals surface area contributed by atoms with Gasteiger partial charge in [-0.1, -0.05) is 18.2 Å². The predicted octanol–water partition coefficient (Wildman–Crippen LogP) is 2.82. The van der Waals surface area contributed by atoms with E-state index in [4.69, 9.17) is 9.47 Å². The number of nitrogens with zero attached hydrogens (tertiary/aromatic N) is 2. The number of carbonyl (C=O) groups excluding carboxylic acids is 2. The van der Waals surface area contributed by atoms with Crippen LogP contribution in [-0.4, -0.2) is 70.4 Å². The fourth-order valence-electron chi connectivity index (χ4n) is 3.35. The van der Waals surface area contributed by atoms with E-state index in [1.807, 2.05) is 30.3 Å². The van der Waals surface area contributed by atoms with Crippen molar-refractivity contribution in [3.05, 3.63) is 54.1 Å². The van der Waals surface area contributed by atoms with E-state index in [0.29, 0.717) is 29.2 Å². The number of nitrogens with one attached hydrogen (secondary N) is 2. The average Bonchev–Trinajstić information content (AvgIpc) is 2.82. The van der Waals surface area contributed by atoms with Crippen molar-refractivity contribution in [3.63, 3.8) is 0 Å². The number of benzene rings is 2. The lowest BCUT2D eigenvalue weighted by molar-refractivity contribution is 0.0374. The SMILES string of the molecule is COc1cc(N(C)C(=O)Nc2ccccc2)ccc1C(=O)NCCCN1CCOCC1. The summed E-state index contributed by atoms with van der Waals surface area (Å²) < 4.78 is 10.8. The van der Waals surface area contributed by atoms with E-state index < -0.39 is 0 Å². The number of para-hydroxylation sites is 1. The zero-order valence-electron chi connectivity index (χ0n) is 18.1. The Balaban J connectivity index is 1.55. The number of ether oxygens (including phenoxy) is 2. The van der Waals surface area contributed by atoms with Crippen LogP contribution in [0.15, 0.2) is 48.5 Å². The highest BCUT2D eigenvalue weighted by Gasteiger charge is 2.17. The first-order valence-corrected chi connectivity index (χ1v) is 10.4. The van der Waals surface area contributed by atoms with Gasteiger partial charge >= 0.3 is 6.03 Å². The maximum Gasteiger partial charge on any atom is 0.326 e. The molecule has 2 aromatic carbocycles. The molecule has 166 valence electrons. The molecule has 31 heavy (non-hydrogen) atoms. The minimum atomic E-state index is -0.284. The van der Waals surface area contributed by atoms with Crippen molar-refractivity contribution in [1.82, 2.24) is 10.2 Å². The molecule has 0 radical (unpaired) electrons. The van der Waals surface area contributed by atoms with Gasteiger partial charge in [-0.2, -0.15) is 0 Å². The molecule has 1 heterocycles.